The highest BCUT2D eigenvalue weighted by Crippen LogP contribution is 2.58. The quantitative estimate of drug-likeness (QED) is 0.709. The highest BCUT2D eigenvalue weighted by Gasteiger charge is 2.66. The van der Waals surface area contributed by atoms with Crippen LogP contribution in [0.4, 0.5) is 10.1 Å². The van der Waals surface area contributed by atoms with Crippen LogP contribution in [0.2, 0.25) is 0 Å². The minimum absolute atomic E-state index is 0.152. The Labute approximate surface area is 184 Å². The molecule has 0 unspecified atom stereocenters. The SMILES string of the molecule is COC[C@H]1C[C@@H]2C(=O)N(c3ccccc3)C(=O)[C@@H]2[C@@H]2C[C@@H](c3ccc(O)c(F)c3)O[C@]12O. The number of para-hydroxylation sites is 1. The number of rotatable bonds is 4. The molecule has 3 fully saturated rings. The lowest BCUT2D eigenvalue weighted by Gasteiger charge is -2.44. The number of carbonyl (C=O) groups excluding carboxylic acids is 2. The third kappa shape index (κ3) is 3.05. The van der Waals surface area contributed by atoms with E-state index in [1.807, 2.05) is 0 Å². The van der Waals surface area contributed by atoms with Crippen LogP contribution >= 0.6 is 0 Å². The third-order valence-electron chi connectivity index (χ3n) is 7.09. The van der Waals surface area contributed by atoms with Crippen LogP contribution in [-0.2, 0) is 19.1 Å². The summed E-state index contributed by atoms with van der Waals surface area (Å²) in [4.78, 5) is 28.0. The summed E-state index contributed by atoms with van der Waals surface area (Å²) in [6.45, 7) is 0.152. The summed E-state index contributed by atoms with van der Waals surface area (Å²) < 4.78 is 25.4. The fourth-order valence-corrected chi connectivity index (χ4v) is 5.64. The monoisotopic (exact) mass is 441 g/mol. The summed E-state index contributed by atoms with van der Waals surface area (Å²) in [6, 6.07) is 12.7. The minimum Gasteiger partial charge on any atom is -0.505 e. The van der Waals surface area contributed by atoms with Crippen LogP contribution in [0.3, 0.4) is 0 Å². The largest absolute Gasteiger partial charge is 0.505 e. The number of benzene rings is 2. The lowest BCUT2D eigenvalue weighted by Crippen LogP contribution is -2.54. The highest BCUT2D eigenvalue weighted by molar-refractivity contribution is 6.22. The number of hydrogen-bond donors (Lipinski definition) is 2. The second-order valence-electron chi connectivity index (χ2n) is 8.78. The lowest BCUT2D eigenvalue weighted by molar-refractivity contribution is -0.275. The summed E-state index contributed by atoms with van der Waals surface area (Å²) in [5.74, 6) is -6.12. The molecule has 2 amide bonds. The van der Waals surface area contributed by atoms with Crippen molar-refractivity contribution in [3.05, 3.63) is 59.9 Å². The molecular weight excluding hydrogens is 417 g/mol. The molecule has 3 aliphatic rings. The van der Waals surface area contributed by atoms with Gasteiger partial charge in [-0.2, -0.15) is 0 Å². The molecule has 168 valence electrons. The van der Waals surface area contributed by atoms with E-state index in [0.717, 1.165) is 0 Å². The molecule has 2 heterocycles. The maximum Gasteiger partial charge on any atom is 0.238 e. The fraction of sp³-hybridized carbons (Fsp3) is 0.417. The summed E-state index contributed by atoms with van der Waals surface area (Å²) in [7, 11) is 1.50. The number of hydrogen-bond acceptors (Lipinski definition) is 6. The van der Waals surface area contributed by atoms with Crippen LogP contribution < -0.4 is 4.90 Å². The first kappa shape index (κ1) is 21.1. The van der Waals surface area contributed by atoms with Gasteiger partial charge in [0.25, 0.3) is 0 Å². The van der Waals surface area contributed by atoms with E-state index in [-0.39, 0.29) is 31.3 Å². The molecule has 5 rings (SSSR count). The maximum atomic E-state index is 14.0. The molecular formula is C24H24FNO6. The molecule has 2 aromatic rings. The molecule has 2 aromatic carbocycles. The van der Waals surface area contributed by atoms with Crippen molar-refractivity contribution in [1.82, 2.24) is 0 Å². The number of anilines is 1. The Hall–Kier alpha value is -2.81. The number of aromatic hydroxyl groups is 1. The average Bonchev–Trinajstić information content (AvgIpc) is 3.26. The summed E-state index contributed by atoms with van der Waals surface area (Å²) in [5, 5.41) is 21.1. The van der Waals surface area contributed by atoms with Gasteiger partial charge < -0.3 is 19.7 Å². The summed E-state index contributed by atoms with van der Waals surface area (Å²) >= 11 is 0. The first-order valence-electron chi connectivity index (χ1n) is 10.7. The molecule has 1 saturated carbocycles. The number of nitrogens with zero attached hydrogens (tertiary/aromatic N) is 1. The van der Waals surface area contributed by atoms with Crippen LogP contribution in [-0.4, -0.2) is 41.5 Å². The Morgan fingerprint density at radius 2 is 1.91 bits per heavy atom. The number of imide groups is 1. The van der Waals surface area contributed by atoms with E-state index in [9.17, 15) is 24.2 Å². The van der Waals surface area contributed by atoms with Crippen LogP contribution in [0.1, 0.15) is 24.5 Å². The number of ether oxygens (including phenoxy) is 2. The Morgan fingerprint density at radius 3 is 2.59 bits per heavy atom. The van der Waals surface area contributed by atoms with Gasteiger partial charge in [-0.25, -0.2) is 4.39 Å². The fourth-order valence-electron chi connectivity index (χ4n) is 5.64. The number of methoxy groups -OCH3 is 1. The molecule has 0 spiro atoms. The van der Waals surface area contributed by atoms with Crippen LogP contribution in [0, 0.1) is 29.5 Å². The number of carbonyl (C=O) groups is 2. The van der Waals surface area contributed by atoms with Gasteiger partial charge in [-0.05, 0) is 42.7 Å². The number of amides is 2. The molecule has 2 N–H and O–H groups in total. The third-order valence-corrected chi connectivity index (χ3v) is 7.09. The zero-order valence-corrected chi connectivity index (χ0v) is 17.5. The Kier molecular flexibility index (Phi) is 5.03. The van der Waals surface area contributed by atoms with Crippen LogP contribution in [0.5, 0.6) is 5.75 Å². The smallest absolute Gasteiger partial charge is 0.238 e. The maximum absolute atomic E-state index is 14.0. The molecule has 8 heteroatoms. The van der Waals surface area contributed by atoms with E-state index >= 15 is 0 Å². The van der Waals surface area contributed by atoms with E-state index in [1.54, 1.807) is 30.3 Å². The van der Waals surface area contributed by atoms with Crippen molar-refractivity contribution in [2.24, 2.45) is 23.7 Å². The predicted molar refractivity (Wildman–Crippen MR) is 111 cm³/mol. The minimum atomic E-state index is -1.70. The molecule has 6 atom stereocenters. The van der Waals surface area contributed by atoms with Gasteiger partial charge in [-0.3, -0.25) is 14.5 Å². The van der Waals surface area contributed by atoms with Crippen molar-refractivity contribution in [3.63, 3.8) is 0 Å². The van der Waals surface area contributed by atoms with Crippen LogP contribution in [0.15, 0.2) is 48.5 Å². The van der Waals surface area contributed by atoms with Crippen molar-refractivity contribution < 1.29 is 33.7 Å². The van der Waals surface area contributed by atoms with E-state index in [4.69, 9.17) is 9.47 Å². The number of aliphatic hydroxyl groups is 1. The zero-order valence-electron chi connectivity index (χ0n) is 17.5. The predicted octanol–water partition coefficient (Wildman–Crippen LogP) is 2.77. The van der Waals surface area contributed by atoms with Gasteiger partial charge in [0, 0.05) is 18.9 Å². The summed E-state index contributed by atoms with van der Waals surface area (Å²) in [5.41, 5.74) is 0.951. The first-order chi connectivity index (χ1) is 15.3. The van der Waals surface area contributed by atoms with Gasteiger partial charge in [0.1, 0.15) is 0 Å². The number of halogens is 1. The van der Waals surface area contributed by atoms with E-state index in [2.05, 4.69) is 0 Å². The van der Waals surface area contributed by atoms with E-state index in [0.29, 0.717) is 11.3 Å². The highest BCUT2D eigenvalue weighted by atomic mass is 19.1. The molecule has 7 nitrogen and oxygen atoms in total. The van der Waals surface area contributed by atoms with E-state index < -0.39 is 47.1 Å². The molecule has 1 aliphatic carbocycles. The number of phenolic OH excluding ortho intramolecular Hbond substituents is 1. The zero-order chi connectivity index (χ0) is 22.6. The molecule has 0 radical (unpaired) electrons. The van der Waals surface area contributed by atoms with Crippen molar-refractivity contribution in [3.8, 4) is 5.75 Å². The average molecular weight is 441 g/mol. The Morgan fingerprint density at radius 1 is 1.16 bits per heavy atom. The van der Waals surface area contributed by atoms with Gasteiger partial charge in [0.05, 0.1) is 30.2 Å². The Bertz CT molecular complexity index is 1060. The van der Waals surface area contributed by atoms with Crippen molar-refractivity contribution in [2.75, 3.05) is 18.6 Å². The van der Waals surface area contributed by atoms with E-state index in [1.165, 1.54) is 30.2 Å². The molecule has 2 aliphatic heterocycles. The normalized spacial score (nSPS) is 34.0. The van der Waals surface area contributed by atoms with Gasteiger partial charge in [0.15, 0.2) is 17.4 Å². The van der Waals surface area contributed by atoms with Crippen molar-refractivity contribution in [2.45, 2.75) is 24.7 Å². The lowest BCUT2D eigenvalue weighted by atomic mass is 9.64. The topological polar surface area (TPSA) is 96.3 Å². The number of fused-ring (bicyclic) bond motifs is 3. The van der Waals surface area contributed by atoms with Crippen molar-refractivity contribution in [1.29, 1.82) is 0 Å². The van der Waals surface area contributed by atoms with Gasteiger partial charge in [-0.15, -0.1) is 0 Å². The first-order valence-corrected chi connectivity index (χ1v) is 10.7. The second-order valence-corrected chi connectivity index (χ2v) is 8.78. The number of phenols is 1. The Balaban J connectivity index is 1.53. The van der Waals surface area contributed by atoms with Crippen LogP contribution in [0.25, 0.3) is 0 Å². The standard InChI is InChI=1S/C24H24FNO6/c1-31-12-14-10-16-21(23(29)26(22(16)28)15-5-3-2-4-6-15)17-11-20(32-24(14,17)30)13-7-8-19(27)18(25)9-13/h2-9,14,16-17,20-21,27,30H,10-12H2,1H3/t14-,16+,17+,20+,21+,24-/m1/s1. The molecule has 2 saturated heterocycles. The van der Waals surface area contributed by atoms with Gasteiger partial charge >= 0.3 is 0 Å². The van der Waals surface area contributed by atoms with Crippen molar-refractivity contribution >= 4 is 17.5 Å². The summed E-state index contributed by atoms with van der Waals surface area (Å²) in [6.07, 6.45) is -0.202. The van der Waals surface area contributed by atoms with Gasteiger partial charge in [-0.1, -0.05) is 24.3 Å². The van der Waals surface area contributed by atoms with Gasteiger partial charge in [0.2, 0.25) is 11.8 Å². The molecule has 32 heavy (non-hydrogen) atoms. The molecule has 0 bridgehead atoms. The molecule has 0 aromatic heterocycles. The second kappa shape index (κ2) is 7.65.